The molecule has 0 spiro atoms. The van der Waals surface area contributed by atoms with E-state index in [1.807, 2.05) is 0 Å². The second kappa shape index (κ2) is 3.94. The highest BCUT2D eigenvalue weighted by Crippen LogP contribution is 2.26. The van der Waals surface area contributed by atoms with Gasteiger partial charge in [0, 0.05) is 13.1 Å². The van der Waals surface area contributed by atoms with Crippen LogP contribution in [-0.4, -0.2) is 38.6 Å². The molecular formula is C8H18N2O2S. The Hall–Kier alpha value is -0.130. The Morgan fingerprint density at radius 1 is 1.46 bits per heavy atom. The lowest BCUT2D eigenvalue weighted by molar-refractivity contribution is 0.424. The number of nitrogens with zero attached hydrogens (tertiary/aromatic N) is 1. The highest BCUT2D eigenvalue weighted by atomic mass is 32.2. The summed E-state index contributed by atoms with van der Waals surface area (Å²) in [7, 11) is -2.99. The molecule has 0 saturated carbocycles. The van der Waals surface area contributed by atoms with Gasteiger partial charge in [-0.3, -0.25) is 0 Å². The van der Waals surface area contributed by atoms with E-state index in [2.05, 4.69) is 6.92 Å². The number of sulfonamides is 1. The molecule has 0 aromatic rings. The van der Waals surface area contributed by atoms with E-state index < -0.39 is 10.0 Å². The van der Waals surface area contributed by atoms with Crippen LogP contribution in [0.15, 0.2) is 0 Å². The molecule has 0 aliphatic carbocycles. The molecule has 1 aliphatic heterocycles. The van der Waals surface area contributed by atoms with Crippen LogP contribution in [0.1, 0.15) is 13.3 Å². The van der Waals surface area contributed by atoms with Gasteiger partial charge in [0.25, 0.3) is 0 Å². The lowest BCUT2D eigenvalue weighted by Gasteiger charge is -2.12. The molecule has 1 fully saturated rings. The van der Waals surface area contributed by atoms with Crippen LogP contribution in [0.25, 0.3) is 0 Å². The first-order valence-corrected chi connectivity index (χ1v) is 6.45. The maximum Gasteiger partial charge on any atom is 0.211 e. The lowest BCUT2D eigenvalue weighted by Crippen LogP contribution is -2.27. The van der Waals surface area contributed by atoms with Gasteiger partial charge >= 0.3 is 0 Å². The molecule has 0 bridgehead atoms. The highest BCUT2D eigenvalue weighted by molar-refractivity contribution is 7.88. The number of rotatable bonds is 3. The molecule has 0 amide bonds. The van der Waals surface area contributed by atoms with E-state index in [0.717, 1.165) is 6.42 Å². The Labute approximate surface area is 80.1 Å². The first-order valence-electron chi connectivity index (χ1n) is 4.60. The van der Waals surface area contributed by atoms with Gasteiger partial charge in [-0.05, 0) is 24.8 Å². The molecule has 78 valence electrons. The van der Waals surface area contributed by atoms with Gasteiger partial charge in [0.1, 0.15) is 0 Å². The molecule has 1 rings (SSSR count). The number of nitrogens with two attached hydrogens (primary N) is 1. The van der Waals surface area contributed by atoms with Crippen LogP contribution in [0.2, 0.25) is 0 Å². The highest BCUT2D eigenvalue weighted by Gasteiger charge is 2.33. The van der Waals surface area contributed by atoms with Gasteiger partial charge in [0.05, 0.1) is 6.26 Å². The normalized spacial score (nSPS) is 31.0. The summed E-state index contributed by atoms with van der Waals surface area (Å²) in [5, 5.41) is 0. The fraction of sp³-hybridized carbons (Fsp3) is 1.00. The third-order valence-electron chi connectivity index (χ3n) is 2.74. The van der Waals surface area contributed by atoms with Crippen molar-refractivity contribution in [1.29, 1.82) is 0 Å². The van der Waals surface area contributed by atoms with Gasteiger partial charge in [0.2, 0.25) is 10.0 Å². The molecule has 0 unspecified atom stereocenters. The third-order valence-corrected chi connectivity index (χ3v) is 3.98. The Balaban J connectivity index is 2.60. The summed E-state index contributed by atoms with van der Waals surface area (Å²) < 4.78 is 24.0. The molecule has 5 heteroatoms. The molecule has 0 aromatic heterocycles. The summed E-state index contributed by atoms with van der Waals surface area (Å²) in [6.45, 7) is 4.04. The van der Waals surface area contributed by atoms with Crippen molar-refractivity contribution >= 4 is 10.0 Å². The molecule has 0 aromatic carbocycles. The Morgan fingerprint density at radius 3 is 2.46 bits per heavy atom. The van der Waals surface area contributed by atoms with E-state index in [4.69, 9.17) is 5.73 Å². The zero-order chi connectivity index (χ0) is 10.1. The van der Waals surface area contributed by atoms with E-state index in [1.165, 1.54) is 6.26 Å². The van der Waals surface area contributed by atoms with E-state index in [1.54, 1.807) is 4.31 Å². The quantitative estimate of drug-likeness (QED) is 0.699. The molecule has 1 heterocycles. The second-order valence-electron chi connectivity index (χ2n) is 3.89. The molecule has 0 radical (unpaired) electrons. The van der Waals surface area contributed by atoms with Gasteiger partial charge in [-0.25, -0.2) is 12.7 Å². The maximum atomic E-state index is 11.2. The maximum absolute atomic E-state index is 11.2. The first-order chi connectivity index (χ1) is 5.95. The first kappa shape index (κ1) is 10.9. The SMILES string of the molecule is C[C@@H]1CN(S(C)(=O)=O)C[C@H]1CCN. The minimum Gasteiger partial charge on any atom is -0.330 e. The Kier molecular flexibility index (Phi) is 3.32. The zero-order valence-electron chi connectivity index (χ0n) is 8.23. The predicted octanol–water partition coefficient (Wildman–Crippen LogP) is -0.137. The zero-order valence-corrected chi connectivity index (χ0v) is 9.05. The largest absolute Gasteiger partial charge is 0.330 e. The van der Waals surface area contributed by atoms with Crippen molar-refractivity contribution < 1.29 is 8.42 Å². The average molecular weight is 206 g/mol. The summed E-state index contributed by atoms with van der Waals surface area (Å²) >= 11 is 0. The van der Waals surface area contributed by atoms with E-state index in [0.29, 0.717) is 31.5 Å². The summed E-state index contributed by atoms with van der Waals surface area (Å²) in [6.07, 6.45) is 2.19. The van der Waals surface area contributed by atoms with Crippen LogP contribution >= 0.6 is 0 Å². The molecule has 2 atom stereocenters. The van der Waals surface area contributed by atoms with E-state index in [-0.39, 0.29) is 0 Å². The van der Waals surface area contributed by atoms with Crippen molar-refractivity contribution in [1.82, 2.24) is 4.31 Å². The molecule has 1 saturated heterocycles. The van der Waals surface area contributed by atoms with Crippen molar-refractivity contribution in [2.24, 2.45) is 17.6 Å². The summed E-state index contributed by atoms with van der Waals surface area (Å²) in [5.41, 5.74) is 5.46. The summed E-state index contributed by atoms with van der Waals surface area (Å²) in [4.78, 5) is 0. The minimum absolute atomic E-state index is 0.443. The summed E-state index contributed by atoms with van der Waals surface area (Å²) in [6, 6.07) is 0. The van der Waals surface area contributed by atoms with Gasteiger partial charge in [-0.15, -0.1) is 0 Å². The van der Waals surface area contributed by atoms with Gasteiger partial charge in [-0.2, -0.15) is 0 Å². The monoisotopic (exact) mass is 206 g/mol. The van der Waals surface area contributed by atoms with Crippen LogP contribution in [-0.2, 0) is 10.0 Å². The van der Waals surface area contributed by atoms with Crippen molar-refractivity contribution in [3.05, 3.63) is 0 Å². The van der Waals surface area contributed by atoms with Crippen LogP contribution in [0.5, 0.6) is 0 Å². The van der Waals surface area contributed by atoms with Crippen molar-refractivity contribution in [2.45, 2.75) is 13.3 Å². The topological polar surface area (TPSA) is 63.4 Å². The summed E-state index contributed by atoms with van der Waals surface area (Å²) in [5.74, 6) is 0.887. The molecule has 1 aliphatic rings. The van der Waals surface area contributed by atoms with E-state index in [9.17, 15) is 8.42 Å². The molecule has 4 nitrogen and oxygen atoms in total. The van der Waals surface area contributed by atoms with Crippen molar-refractivity contribution in [2.75, 3.05) is 25.9 Å². The Morgan fingerprint density at radius 2 is 2.08 bits per heavy atom. The van der Waals surface area contributed by atoms with Gasteiger partial charge < -0.3 is 5.73 Å². The third kappa shape index (κ3) is 2.65. The van der Waals surface area contributed by atoms with Gasteiger partial charge in [0.15, 0.2) is 0 Å². The van der Waals surface area contributed by atoms with Crippen molar-refractivity contribution in [3.8, 4) is 0 Å². The van der Waals surface area contributed by atoms with Gasteiger partial charge in [-0.1, -0.05) is 6.92 Å². The molecular weight excluding hydrogens is 188 g/mol. The fourth-order valence-electron chi connectivity index (χ4n) is 1.85. The fourth-order valence-corrected chi connectivity index (χ4v) is 2.82. The van der Waals surface area contributed by atoms with Crippen molar-refractivity contribution in [3.63, 3.8) is 0 Å². The lowest BCUT2D eigenvalue weighted by atomic mass is 9.95. The van der Waals surface area contributed by atoms with E-state index >= 15 is 0 Å². The second-order valence-corrected chi connectivity index (χ2v) is 5.88. The molecule has 2 N–H and O–H groups in total. The van der Waals surface area contributed by atoms with Crippen LogP contribution in [0.3, 0.4) is 0 Å². The minimum atomic E-state index is -2.99. The number of hydrogen-bond acceptors (Lipinski definition) is 3. The van der Waals surface area contributed by atoms with Crippen LogP contribution in [0.4, 0.5) is 0 Å². The smallest absolute Gasteiger partial charge is 0.211 e. The predicted molar refractivity (Wildman–Crippen MR) is 52.7 cm³/mol. The Bertz CT molecular complexity index is 263. The standard InChI is InChI=1S/C8H18N2O2S/c1-7-5-10(13(2,11)12)6-8(7)3-4-9/h7-8H,3-6,9H2,1-2H3/t7-,8-/m1/s1. The average Bonchev–Trinajstić information content (AvgIpc) is 2.32. The van der Waals surface area contributed by atoms with Crippen LogP contribution in [0, 0.1) is 11.8 Å². The molecule has 13 heavy (non-hydrogen) atoms. The number of hydrogen-bond donors (Lipinski definition) is 1. The van der Waals surface area contributed by atoms with Crippen LogP contribution < -0.4 is 5.73 Å².